The van der Waals surface area contributed by atoms with Gasteiger partial charge in [0.2, 0.25) is 5.91 Å². The van der Waals surface area contributed by atoms with Crippen LogP contribution in [0.3, 0.4) is 0 Å². The van der Waals surface area contributed by atoms with E-state index < -0.39 is 0 Å². The monoisotopic (exact) mass is 460 g/mol. The predicted octanol–water partition coefficient (Wildman–Crippen LogP) is 4.92. The smallest absolute Gasteiger partial charge is 0.227 e. The first-order chi connectivity index (χ1) is 16.1. The summed E-state index contributed by atoms with van der Waals surface area (Å²) in [5.74, 6) is 0.437. The third-order valence-corrected chi connectivity index (χ3v) is 7.87. The number of fused-ring (bicyclic) bond motifs is 1. The molecule has 1 aromatic heterocycles. The molecule has 5 rings (SSSR count). The first-order valence-corrected chi connectivity index (χ1v) is 12.7. The highest BCUT2D eigenvalue weighted by Crippen LogP contribution is 2.31. The summed E-state index contributed by atoms with van der Waals surface area (Å²) < 4.78 is 2.37. The summed E-state index contributed by atoms with van der Waals surface area (Å²) >= 11 is 1.79. The Morgan fingerprint density at radius 2 is 1.70 bits per heavy atom. The fourth-order valence-electron chi connectivity index (χ4n) is 4.92. The van der Waals surface area contributed by atoms with Crippen LogP contribution in [0.1, 0.15) is 24.0 Å². The van der Waals surface area contributed by atoms with E-state index in [-0.39, 0.29) is 5.92 Å². The molecule has 1 amide bonds. The van der Waals surface area contributed by atoms with E-state index in [0.717, 1.165) is 57.6 Å². The number of benzene rings is 2. The number of nitrogens with zero attached hydrogens (tertiary/aromatic N) is 4. The van der Waals surface area contributed by atoms with Crippen molar-refractivity contribution in [1.29, 1.82) is 0 Å². The highest BCUT2D eigenvalue weighted by atomic mass is 32.2. The largest absolute Gasteiger partial charge is 0.367 e. The quantitative estimate of drug-likeness (QED) is 0.517. The number of hydrogen-bond acceptors (Lipinski definition) is 5. The van der Waals surface area contributed by atoms with E-state index in [4.69, 9.17) is 0 Å². The molecule has 2 saturated heterocycles. The van der Waals surface area contributed by atoms with Crippen LogP contribution in [0.25, 0.3) is 10.9 Å². The van der Waals surface area contributed by atoms with Crippen LogP contribution < -0.4 is 4.90 Å². The number of piperazine rings is 1. The molecule has 5 nitrogen and oxygen atoms in total. The Morgan fingerprint density at radius 3 is 2.48 bits per heavy atom. The van der Waals surface area contributed by atoms with E-state index in [1.807, 2.05) is 6.20 Å². The van der Waals surface area contributed by atoms with Gasteiger partial charge in [-0.1, -0.05) is 29.8 Å². The number of carbonyl (C=O) groups is 1. The van der Waals surface area contributed by atoms with Crippen molar-refractivity contribution in [2.75, 3.05) is 44.2 Å². The number of carbonyl (C=O) groups excluding carboxylic acids is 1. The van der Waals surface area contributed by atoms with Crippen LogP contribution in [0, 0.1) is 19.8 Å². The maximum Gasteiger partial charge on any atom is 0.227 e. The van der Waals surface area contributed by atoms with Gasteiger partial charge < -0.3 is 9.80 Å². The molecule has 0 saturated carbocycles. The van der Waals surface area contributed by atoms with Gasteiger partial charge in [0.05, 0.1) is 11.4 Å². The van der Waals surface area contributed by atoms with Gasteiger partial charge in [0.1, 0.15) is 0 Å². The fourth-order valence-corrected chi connectivity index (χ4v) is 5.95. The normalized spacial score (nSPS) is 19.8. The molecule has 3 aromatic rings. The van der Waals surface area contributed by atoms with Crippen LogP contribution in [0.4, 0.5) is 5.69 Å². The minimum Gasteiger partial charge on any atom is -0.367 e. The van der Waals surface area contributed by atoms with Gasteiger partial charge in [-0.2, -0.15) is 0 Å². The van der Waals surface area contributed by atoms with Gasteiger partial charge >= 0.3 is 0 Å². The van der Waals surface area contributed by atoms with Gasteiger partial charge in [-0.3, -0.25) is 9.78 Å². The van der Waals surface area contributed by atoms with Crippen LogP contribution in [-0.4, -0.2) is 59.4 Å². The number of amides is 1. The standard InChI is InChI=1S/C27H32N4OS/c1-20-5-8-23(9-6-20)33-31-13-3-4-22(19-31)27(32)30-16-14-29(15-17-30)26-11-12-28-25-18-21(2)7-10-24(25)26/h5-12,18,22H,3-4,13-17,19H2,1-2H3. The maximum atomic E-state index is 13.4. The Labute approximate surface area is 200 Å². The number of rotatable bonds is 4. The molecule has 2 aromatic carbocycles. The minimum atomic E-state index is 0.105. The molecule has 0 bridgehead atoms. The summed E-state index contributed by atoms with van der Waals surface area (Å²) in [6.45, 7) is 9.41. The number of piperidine rings is 1. The van der Waals surface area contributed by atoms with E-state index in [9.17, 15) is 4.79 Å². The molecule has 2 fully saturated rings. The zero-order chi connectivity index (χ0) is 22.8. The molecule has 1 unspecified atom stereocenters. The average molecular weight is 461 g/mol. The Kier molecular flexibility index (Phi) is 6.56. The number of aryl methyl sites for hydroxylation is 2. The van der Waals surface area contributed by atoms with Gasteiger partial charge in [-0.25, -0.2) is 4.31 Å². The lowest BCUT2D eigenvalue weighted by Gasteiger charge is -2.39. The molecule has 172 valence electrons. The third kappa shape index (κ3) is 5.02. The van der Waals surface area contributed by atoms with Crippen molar-refractivity contribution < 1.29 is 4.79 Å². The second-order valence-electron chi connectivity index (χ2n) is 9.29. The third-order valence-electron chi connectivity index (χ3n) is 6.80. The van der Waals surface area contributed by atoms with Crippen molar-refractivity contribution in [3.05, 3.63) is 65.9 Å². The Bertz CT molecular complexity index is 1120. The SMILES string of the molecule is Cc1ccc(SN2CCCC(C(=O)N3CCN(c4ccnc5cc(C)ccc45)CC3)C2)cc1. The summed E-state index contributed by atoms with van der Waals surface area (Å²) in [7, 11) is 0. The van der Waals surface area contributed by atoms with E-state index >= 15 is 0 Å². The van der Waals surface area contributed by atoms with Crippen LogP contribution in [-0.2, 0) is 4.79 Å². The molecule has 0 spiro atoms. The number of aromatic nitrogens is 1. The lowest BCUT2D eigenvalue weighted by atomic mass is 9.97. The van der Waals surface area contributed by atoms with Crippen LogP contribution in [0.15, 0.2) is 59.6 Å². The summed E-state index contributed by atoms with van der Waals surface area (Å²) in [6.07, 6.45) is 3.98. The lowest BCUT2D eigenvalue weighted by Crippen LogP contribution is -2.52. The van der Waals surface area contributed by atoms with Crippen LogP contribution in [0.5, 0.6) is 0 Å². The van der Waals surface area contributed by atoms with E-state index in [2.05, 4.69) is 81.5 Å². The number of anilines is 1. The average Bonchev–Trinajstić information content (AvgIpc) is 2.85. The maximum absolute atomic E-state index is 13.4. The molecule has 0 aliphatic carbocycles. The summed E-state index contributed by atoms with van der Waals surface area (Å²) in [6, 6.07) is 17.2. The second-order valence-corrected chi connectivity index (χ2v) is 10.5. The zero-order valence-electron chi connectivity index (χ0n) is 19.5. The topological polar surface area (TPSA) is 39.7 Å². The molecule has 2 aliphatic rings. The van der Waals surface area contributed by atoms with Crippen LogP contribution >= 0.6 is 11.9 Å². The Morgan fingerprint density at radius 1 is 0.939 bits per heavy atom. The van der Waals surface area contributed by atoms with E-state index in [1.54, 1.807) is 11.9 Å². The minimum absolute atomic E-state index is 0.105. The van der Waals surface area contributed by atoms with E-state index in [0.29, 0.717) is 5.91 Å². The molecule has 3 heterocycles. The van der Waals surface area contributed by atoms with Gasteiger partial charge in [-0.05, 0) is 68.5 Å². The lowest BCUT2D eigenvalue weighted by molar-refractivity contribution is -0.136. The molecular weight excluding hydrogens is 428 g/mol. The molecular formula is C27H32N4OS. The van der Waals surface area contributed by atoms with Gasteiger partial charge in [0.25, 0.3) is 0 Å². The Hall–Kier alpha value is -2.57. The van der Waals surface area contributed by atoms with Crippen molar-refractivity contribution in [3.8, 4) is 0 Å². The molecule has 6 heteroatoms. The van der Waals surface area contributed by atoms with E-state index in [1.165, 1.54) is 27.1 Å². The molecule has 0 radical (unpaired) electrons. The zero-order valence-corrected chi connectivity index (χ0v) is 20.4. The molecule has 1 atom stereocenters. The highest BCUT2D eigenvalue weighted by Gasteiger charge is 2.31. The Balaban J connectivity index is 1.19. The molecule has 33 heavy (non-hydrogen) atoms. The predicted molar refractivity (Wildman–Crippen MR) is 137 cm³/mol. The summed E-state index contributed by atoms with van der Waals surface area (Å²) in [5, 5.41) is 1.19. The van der Waals surface area contributed by atoms with Crippen LogP contribution in [0.2, 0.25) is 0 Å². The van der Waals surface area contributed by atoms with Crippen molar-refractivity contribution in [3.63, 3.8) is 0 Å². The van der Waals surface area contributed by atoms with Crippen molar-refractivity contribution in [2.24, 2.45) is 5.92 Å². The first kappa shape index (κ1) is 22.2. The van der Waals surface area contributed by atoms with Gasteiger partial charge in [-0.15, -0.1) is 0 Å². The highest BCUT2D eigenvalue weighted by molar-refractivity contribution is 7.97. The second kappa shape index (κ2) is 9.74. The summed E-state index contributed by atoms with van der Waals surface area (Å²) in [4.78, 5) is 23.6. The molecule has 2 aliphatic heterocycles. The summed E-state index contributed by atoms with van der Waals surface area (Å²) in [5.41, 5.74) is 4.77. The van der Waals surface area contributed by atoms with Gasteiger partial charge in [0.15, 0.2) is 0 Å². The number of hydrogen-bond donors (Lipinski definition) is 0. The fraction of sp³-hybridized carbons (Fsp3) is 0.407. The first-order valence-electron chi connectivity index (χ1n) is 12.0. The van der Waals surface area contributed by atoms with Crippen molar-refractivity contribution in [2.45, 2.75) is 31.6 Å². The van der Waals surface area contributed by atoms with Crippen molar-refractivity contribution >= 4 is 34.4 Å². The van der Waals surface area contributed by atoms with Gasteiger partial charge in [0, 0.05) is 61.4 Å². The molecule has 0 N–H and O–H groups in total. The number of pyridine rings is 1. The van der Waals surface area contributed by atoms with Crippen molar-refractivity contribution in [1.82, 2.24) is 14.2 Å².